The van der Waals surface area contributed by atoms with Crippen LogP contribution in [0.4, 0.5) is 0 Å². The Morgan fingerprint density at radius 1 is 1.20 bits per heavy atom. The smallest absolute Gasteiger partial charge is 0.0776 e. The number of hydrogen-bond donors (Lipinski definition) is 1. The first kappa shape index (κ1) is 17.9. The number of nitrogens with one attached hydrogen (secondary N) is 1. The number of hydrogen-bond acceptors (Lipinski definition) is 3. The average Bonchev–Trinajstić information content (AvgIpc) is 2.41. The van der Waals surface area contributed by atoms with Crippen molar-refractivity contribution < 1.29 is 9.47 Å². The molecule has 1 rings (SSSR count). The Labute approximate surface area is 125 Å². The molecule has 0 amide bonds. The maximum Gasteiger partial charge on any atom is 0.0776 e. The van der Waals surface area contributed by atoms with Gasteiger partial charge in [0, 0.05) is 25.9 Å². The molecule has 1 aliphatic heterocycles. The van der Waals surface area contributed by atoms with Gasteiger partial charge >= 0.3 is 0 Å². The molecule has 1 saturated heterocycles. The summed E-state index contributed by atoms with van der Waals surface area (Å²) in [4.78, 5) is 0. The van der Waals surface area contributed by atoms with E-state index in [9.17, 15) is 0 Å². The minimum absolute atomic E-state index is 0.173. The molecule has 0 saturated carbocycles. The first-order valence-corrected chi connectivity index (χ1v) is 8.41. The highest BCUT2D eigenvalue weighted by molar-refractivity contribution is 4.88. The average molecular weight is 285 g/mol. The lowest BCUT2D eigenvalue weighted by Gasteiger charge is -2.39. The molecular weight excluding hydrogens is 250 g/mol. The quantitative estimate of drug-likeness (QED) is 0.739. The molecule has 120 valence electrons. The van der Waals surface area contributed by atoms with Crippen molar-refractivity contribution in [1.29, 1.82) is 0 Å². The van der Waals surface area contributed by atoms with Crippen LogP contribution in [0.25, 0.3) is 0 Å². The van der Waals surface area contributed by atoms with Gasteiger partial charge < -0.3 is 14.8 Å². The van der Waals surface area contributed by atoms with Gasteiger partial charge in [-0.25, -0.2) is 0 Å². The van der Waals surface area contributed by atoms with Crippen molar-refractivity contribution in [2.24, 2.45) is 11.3 Å². The van der Waals surface area contributed by atoms with Crippen LogP contribution in [-0.4, -0.2) is 38.5 Å². The molecule has 0 spiro atoms. The lowest BCUT2D eigenvalue weighted by atomic mass is 9.80. The van der Waals surface area contributed by atoms with Crippen LogP contribution in [0.3, 0.4) is 0 Å². The summed E-state index contributed by atoms with van der Waals surface area (Å²) in [5.41, 5.74) is 0.173. The van der Waals surface area contributed by atoms with Gasteiger partial charge in [-0.2, -0.15) is 0 Å². The highest BCUT2D eigenvalue weighted by Gasteiger charge is 2.34. The van der Waals surface area contributed by atoms with Crippen molar-refractivity contribution in [2.45, 2.75) is 72.4 Å². The van der Waals surface area contributed by atoms with E-state index >= 15 is 0 Å². The van der Waals surface area contributed by atoms with E-state index in [1.807, 2.05) is 0 Å². The normalized spacial score (nSPS) is 20.9. The van der Waals surface area contributed by atoms with E-state index in [1.54, 1.807) is 0 Å². The third-order valence-electron chi connectivity index (χ3n) is 4.15. The summed E-state index contributed by atoms with van der Waals surface area (Å²) in [5, 5.41) is 3.74. The summed E-state index contributed by atoms with van der Waals surface area (Å²) in [6.07, 6.45) is 5.07. The molecule has 2 atom stereocenters. The molecule has 0 aromatic heterocycles. The third kappa shape index (κ3) is 6.11. The third-order valence-corrected chi connectivity index (χ3v) is 4.15. The van der Waals surface area contributed by atoms with E-state index in [0.717, 1.165) is 32.3 Å². The first-order valence-electron chi connectivity index (χ1n) is 8.41. The van der Waals surface area contributed by atoms with Crippen LogP contribution in [0.1, 0.15) is 60.3 Å². The van der Waals surface area contributed by atoms with E-state index in [-0.39, 0.29) is 11.5 Å². The Morgan fingerprint density at radius 2 is 1.85 bits per heavy atom. The molecule has 0 aromatic carbocycles. The topological polar surface area (TPSA) is 30.5 Å². The lowest BCUT2D eigenvalue weighted by molar-refractivity contribution is -0.0447. The Balaban J connectivity index is 2.67. The molecule has 1 heterocycles. The number of rotatable bonds is 8. The Morgan fingerprint density at radius 3 is 2.35 bits per heavy atom. The molecule has 20 heavy (non-hydrogen) atoms. The molecule has 1 aliphatic rings. The fourth-order valence-electron chi connectivity index (χ4n) is 3.13. The van der Waals surface area contributed by atoms with Crippen LogP contribution in [0.5, 0.6) is 0 Å². The fourth-order valence-corrected chi connectivity index (χ4v) is 3.13. The Kier molecular flexibility index (Phi) is 8.08. The molecule has 2 unspecified atom stereocenters. The van der Waals surface area contributed by atoms with Crippen molar-refractivity contribution in [3.63, 3.8) is 0 Å². The van der Waals surface area contributed by atoms with Gasteiger partial charge in [-0.3, -0.25) is 0 Å². The predicted molar refractivity (Wildman–Crippen MR) is 85.1 cm³/mol. The van der Waals surface area contributed by atoms with Crippen LogP contribution in [0.15, 0.2) is 0 Å². The molecule has 0 radical (unpaired) electrons. The summed E-state index contributed by atoms with van der Waals surface area (Å²) >= 11 is 0. The maximum absolute atomic E-state index is 6.11. The second-order valence-electron chi connectivity index (χ2n) is 7.09. The van der Waals surface area contributed by atoms with Crippen LogP contribution in [0, 0.1) is 11.3 Å². The monoisotopic (exact) mass is 285 g/mol. The molecule has 1 N–H and O–H groups in total. The molecule has 1 fully saturated rings. The minimum Gasteiger partial charge on any atom is -0.381 e. The van der Waals surface area contributed by atoms with E-state index < -0.39 is 0 Å². The molecule has 3 heteroatoms. The van der Waals surface area contributed by atoms with Gasteiger partial charge in [0.15, 0.2) is 0 Å². The van der Waals surface area contributed by atoms with Crippen LogP contribution in [-0.2, 0) is 9.47 Å². The largest absolute Gasteiger partial charge is 0.381 e. The Hall–Kier alpha value is -0.120. The van der Waals surface area contributed by atoms with Crippen molar-refractivity contribution in [3.8, 4) is 0 Å². The lowest BCUT2D eigenvalue weighted by Crippen LogP contribution is -2.49. The Bertz CT molecular complexity index is 244. The van der Waals surface area contributed by atoms with Gasteiger partial charge in [0.25, 0.3) is 0 Å². The zero-order valence-electron chi connectivity index (χ0n) is 14.2. The first-order chi connectivity index (χ1) is 9.49. The highest BCUT2D eigenvalue weighted by atomic mass is 16.5. The SMILES string of the molecule is CCCNC(CC1CCOCC1)C(OCC)C(C)(C)C. The fraction of sp³-hybridized carbons (Fsp3) is 1.00. The second-order valence-corrected chi connectivity index (χ2v) is 7.09. The van der Waals surface area contributed by atoms with Crippen LogP contribution in [0.2, 0.25) is 0 Å². The van der Waals surface area contributed by atoms with Gasteiger partial charge in [0.05, 0.1) is 6.10 Å². The molecule has 3 nitrogen and oxygen atoms in total. The van der Waals surface area contributed by atoms with Crippen molar-refractivity contribution in [3.05, 3.63) is 0 Å². The molecule has 0 bridgehead atoms. The zero-order chi connectivity index (χ0) is 15.0. The van der Waals surface area contributed by atoms with Gasteiger partial charge in [0.1, 0.15) is 0 Å². The highest BCUT2D eigenvalue weighted by Crippen LogP contribution is 2.30. The van der Waals surface area contributed by atoms with Gasteiger partial charge in [0.2, 0.25) is 0 Å². The summed E-state index contributed by atoms with van der Waals surface area (Å²) in [7, 11) is 0. The molecule has 0 aliphatic carbocycles. The molecule has 0 aromatic rings. The van der Waals surface area contributed by atoms with Crippen molar-refractivity contribution >= 4 is 0 Å². The van der Waals surface area contributed by atoms with Gasteiger partial charge in [-0.05, 0) is 50.5 Å². The van der Waals surface area contributed by atoms with Crippen molar-refractivity contribution in [1.82, 2.24) is 5.32 Å². The van der Waals surface area contributed by atoms with Gasteiger partial charge in [-0.15, -0.1) is 0 Å². The summed E-state index contributed by atoms with van der Waals surface area (Å²) in [6, 6.07) is 0.456. The predicted octanol–water partition coefficient (Wildman–Crippen LogP) is 3.62. The van der Waals surface area contributed by atoms with Gasteiger partial charge in [-0.1, -0.05) is 27.7 Å². The second kappa shape index (κ2) is 9.01. The minimum atomic E-state index is 0.173. The summed E-state index contributed by atoms with van der Waals surface area (Å²) in [6.45, 7) is 14.9. The summed E-state index contributed by atoms with van der Waals surface area (Å²) < 4.78 is 11.6. The summed E-state index contributed by atoms with van der Waals surface area (Å²) in [5.74, 6) is 0.781. The zero-order valence-corrected chi connectivity index (χ0v) is 14.2. The van der Waals surface area contributed by atoms with E-state index in [2.05, 4.69) is 39.9 Å². The van der Waals surface area contributed by atoms with E-state index in [4.69, 9.17) is 9.47 Å². The van der Waals surface area contributed by atoms with E-state index in [1.165, 1.54) is 25.7 Å². The van der Waals surface area contributed by atoms with Crippen LogP contribution < -0.4 is 5.32 Å². The van der Waals surface area contributed by atoms with Crippen LogP contribution >= 0.6 is 0 Å². The number of ether oxygens (including phenoxy) is 2. The standard InChI is InChI=1S/C17H35NO2/c1-6-10-18-15(13-14-8-11-19-12-9-14)16(20-7-2)17(3,4)5/h14-16,18H,6-13H2,1-5H3. The maximum atomic E-state index is 6.11. The molecular formula is C17H35NO2. The van der Waals surface area contributed by atoms with Crippen molar-refractivity contribution in [2.75, 3.05) is 26.4 Å². The van der Waals surface area contributed by atoms with E-state index in [0.29, 0.717) is 6.04 Å².